The minimum Gasteiger partial charge on any atom is -0.487 e. The minimum absolute atomic E-state index is 0.189. The Morgan fingerprint density at radius 2 is 1.62 bits per heavy atom. The Labute approximate surface area is 158 Å². The van der Waals surface area contributed by atoms with Crippen LogP contribution in [0.15, 0.2) is 48.0 Å². The van der Waals surface area contributed by atoms with E-state index in [0.29, 0.717) is 21.4 Å². The number of hydrogen-bond donors (Lipinski definition) is 2. The Kier molecular flexibility index (Phi) is 5.25. The summed E-state index contributed by atoms with van der Waals surface area (Å²) >= 11 is 12.3. The number of halogens is 2. The number of rotatable bonds is 4. The lowest BCUT2D eigenvalue weighted by molar-refractivity contribution is -0.123. The topological polar surface area (TPSA) is 84.5 Å². The Hall–Kier alpha value is -2.83. The molecule has 2 aromatic rings. The van der Waals surface area contributed by atoms with Crippen LogP contribution in [-0.2, 0) is 16.2 Å². The van der Waals surface area contributed by atoms with Gasteiger partial charge in [-0.1, -0.05) is 47.5 Å². The van der Waals surface area contributed by atoms with Crippen LogP contribution < -0.4 is 15.4 Å². The van der Waals surface area contributed by atoms with Crippen molar-refractivity contribution in [3.8, 4) is 5.75 Å². The zero-order valence-electron chi connectivity index (χ0n) is 13.2. The molecule has 0 bridgehead atoms. The summed E-state index contributed by atoms with van der Waals surface area (Å²) in [5, 5.41) is 4.90. The van der Waals surface area contributed by atoms with Gasteiger partial charge in [-0.25, -0.2) is 4.79 Å². The molecule has 1 aliphatic heterocycles. The number of nitrogens with one attached hydrogen (secondary N) is 2. The quantitative estimate of drug-likeness (QED) is 0.619. The van der Waals surface area contributed by atoms with Crippen molar-refractivity contribution in [1.29, 1.82) is 0 Å². The number of amides is 4. The van der Waals surface area contributed by atoms with Crippen molar-refractivity contribution in [2.45, 2.75) is 6.61 Å². The lowest BCUT2D eigenvalue weighted by atomic mass is 10.1. The van der Waals surface area contributed by atoms with Gasteiger partial charge in [0.15, 0.2) is 0 Å². The smallest absolute Gasteiger partial charge is 0.328 e. The molecule has 132 valence electrons. The van der Waals surface area contributed by atoms with Crippen molar-refractivity contribution in [1.82, 2.24) is 10.6 Å². The molecular formula is C18H12Cl2N2O4. The van der Waals surface area contributed by atoms with Crippen LogP contribution in [0.25, 0.3) is 6.08 Å². The van der Waals surface area contributed by atoms with Crippen molar-refractivity contribution in [2.75, 3.05) is 0 Å². The van der Waals surface area contributed by atoms with Gasteiger partial charge < -0.3 is 4.74 Å². The third-order valence-electron chi connectivity index (χ3n) is 3.55. The van der Waals surface area contributed by atoms with Gasteiger partial charge in [0.1, 0.15) is 17.9 Å². The van der Waals surface area contributed by atoms with Gasteiger partial charge in [0, 0.05) is 10.6 Å². The van der Waals surface area contributed by atoms with E-state index in [4.69, 9.17) is 27.9 Å². The highest BCUT2D eigenvalue weighted by atomic mass is 35.5. The fourth-order valence-corrected chi connectivity index (χ4v) is 2.70. The normalized spacial score (nSPS) is 13.9. The van der Waals surface area contributed by atoms with Crippen molar-refractivity contribution >= 4 is 47.1 Å². The Morgan fingerprint density at radius 1 is 0.923 bits per heavy atom. The number of carbonyl (C=O) groups excluding carboxylic acids is 3. The first-order valence-corrected chi connectivity index (χ1v) is 8.24. The van der Waals surface area contributed by atoms with Crippen LogP contribution in [0, 0.1) is 0 Å². The maximum atomic E-state index is 11.7. The second-order valence-electron chi connectivity index (χ2n) is 5.37. The summed E-state index contributed by atoms with van der Waals surface area (Å²) in [5.41, 5.74) is 1.14. The fourth-order valence-electron chi connectivity index (χ4n) is 2.27. The lowest BCUT2D eigenvalue weighted by Crippen LogP contribution is -2.51. The van der Waals surface area contributed by atoms with Crippen molar-refractivity contribution in [3.63, 3.8) is 0 Å². The first kappa shape index (κ1) is 18.0. The van der Waals surface area contributed by atoms with Crippen LogP contribution in [0.3, 0.4) is 0 Å². The highest BCUT2D eigenvalue weighted by molar-refractivity contribution is 6.33. The third kappa shape index (κ3) is 4.04. The van der Waals surface area contributed by atoms with Gasteiger partial charge in [-0.05, 0) is 29.8 Å². The highest BCUT2D eigenvalue weighted by Gasteiger charge is 2.27. The van der Waals surface area contributed by atoms with E-state index < -0.39 is 17.8 Å². The average molecular weight is 391 g/mol. The molecule has 0 aromatic heterocycles. The average Bonchev–Trinajstić information content (AvgIpc) is 2.58. The van der Waals surface area contributed by atoms with Crippen molar-refractivity contribution in [3.05, 3.63) is 69.2 Å². The zero-order valence-corrected chi connectivity index (χ0v) is 14.7. The summed E-state index contributed by atoms with van der Waals surface area (Å²) < 4.78 is 5.66. The molecule has 1 saturated heterocycles. The Bertz CT molecular complexity index is 919. The van der Waals surface area contributed by atoms with E-state index in [-0.39, 0.29) is 12.2 Å². The minimum atomic E-state index is -0.849. The molecule has 0 atom stereocenters. The molecule has 0 radical (unpaired) electrons. The zero-order chi connectivity index (χ0) is 18.7. The van der Waals surface area contributed by atoms with Gasteiger partial charge in [0.05, 0.1) is 5.02 Å². The van der Waals surface area contributed by atoms with Gasteiger partial charge >= 0.3 is 6.03 Å². The number of carbonyl (C=O) groups is 3. The van der Waals surface area contributed by atoms with Crippen molar-refractivity contribution in [2.24, 2.45) is 0 Å². The number of urea groups is 1. The molecule has 1 fully saturated rings. The van der Waals surface area contributed by atoms with Crippen LogP contribution in [0.1, 0.15) is 11.1 Å². The molecular weight excluding hydrogens is 379 g/mol. The standard InChI is InChI=1S/C18H12Cl2N2O4/c19-13-4-2-1-3-11(13)9-26-15-6-5-10(8-14(15)20)7-12-16(23)21-18(25)22-17(12)24/h1-8H,9H2,(H2,21,22,23,24,25). The second-order valence-corrected chi connectivity index (χ2v) is 6.18. The van der Waals surface area contributed by atoms with Crippen LogP contribution in [-0.4, -0.2) is 17.8 Å². The van der Waals surface area contributed by atoms with Gasteiger partial charge in [0.2, 0.25) is 0 Å². The van der Waals surface area contributed by atoms with Crippen LogP contribution in [0.2, 0.25) is 10.0 Å². The number of imide groups is 2. The van der Waals surface area contributed by atoms with Crippen molar-refractivity contribution < 1.29 is 19.1 Å². The summed E-state index contributed by atoms with van der Waals surface area (Å²) in [7, 11) is 0. The predicted molar refractivity (Wildman–Crippen MR) is 96.9 cm³/mol. The molecule has 4 amide bonds. The molecule has 3 rings (SSSR count). The first-order chi connectivity index (χ1) is 12.4. The summed E-state index contributed by atoms with van der Waals surface area (Å²) in [6, 6.07) is 11.2. The van der Waals surface area contributed by atoms with Gasteiger partial charge in [-0.3, -0.25) is 20.2 Å². The number of barbiturate groups is 1. The van der Waals surface area contributed by atoms with Crippen LogP contribution in [0.4, 0.5) is 4.79 Å². The molecule has 8 heteroatoms. The van der Waals surface area contributed by atoms with Crippen LogP contribution >= 0.6 is 23.2 Å². The molecule has 26 heavy (non-hydrogen) atoms. The summed E-state index contributed by atoms with van der Waals surface area (Å²) in [4.78, 5) is 34.5. The van der Waals surface area contributed by atoms with E-state index in [9.17, 15) is 14.4 Å². The summed E-state index contributed by atoms with van der Waals surface area (Å²) in [6.45, 7) is 0.243. The number of hydrogen-bond acceptors (Lipinski definition) is 4. The largest absolute Gasteiger partial charge is 0.487 e. The van der Waals surface area contributed by atoms with E-state index in [1.54, 1.807) is 24.3 Å². The van der Waals surface area contributed by atoms with Gasteiger partial charge in [-0.15, -0.1) is 0 Å². The number of ether oxygens (including phenoxy) is 1. The van der Waals surface area contributed by atoms with E-state index in [2.05, 4.69) is 0 Å². The fraction of sp³-hybridized carbons (Fsp3) is 0.0556. The SMILES string of the molecule is O=C1NC(=O)C(=Cc2ccc(OCc3ccccc3Cl)c(Cl)c2)C(=O)N1. The van der Waals surface area contributed by atoms with E-state index in [0.717, 1.165) is 5.56 Å². The summed E-state index contributed by atoms with van der Waals surface area (Å²) in [5.74, 6) is -1.11. The highest BCUT2D eigenvalue weighted by Crippen LogP contribution is 2.28. The van der Waals surface area contributed by atoms with E-state index in [1.165, 1.54) is 6.08 Å². The Morgan fingerprint density at radius 3 is 2.27 bits per heavy atom. The maximum absolute atomic E-state index is 11.7. The summed E-state index contributed by atoms with van der Waals surface area (Å²) in [6.07, 6.45) is 1.33. The van der Waals surface area contributed by atoms with E-state index >= 15 is 0 Å². The molecule has 2 N–H and O–H groups in total. The van der Waals surface area contributed by atoms with E-state index in [1.807, 2.05) is 28.8 Å². The first-order valence-electron chi connectivity index (χ1n) is 7.48. The molecule has 2 aromatic carbocycles. The van der Waals surface area contributed by atoms with Gasteiger partial charge in [0.25, 0.3) is 11.8 Å². The Balaban J connectivity index is 1.76. The van der Waals surface area contributed by atoms with Crippen LogP contribution in [0.5, 0.6) is 5.75 Å². The lowest BCUT2D eigenvalue weighted by Gasteiger charge is -2.14. The maximum Gasteiger partial charge on any atom is 0.328 e. The molecule has 1 aliphatic rings. The molecule has 1 heterocycles. The molecule has 0 saturated carbocycles. The second kappa shape index (κ2) is 7.59. The molecule has 0 spiro atoms. The molecule has 0 unspecified atom stereocenters. The predicted octanol–water partition coefficient (Wildman–Crippen LogP) is 3.32. The van der Waals surface area contributed by atoms with Gasteiger partial charge in [-0.2, -0.15) is 0 Å². The third-order valence-corrected chi connectivity index (χ3v) is 4.22. The molecule has 0 aliphatic carbocycles. The monoisotopic (exact) mass is 390 g/mol. The number of benzene rings is 2. The molecule has 6 nitrogen and oxygen atoms in total.